The van der Waals surface area contributed by atoms with E-state index in [0.29, 0.717) is 10.7 Å². The van der Waals surface area contributed by atoms with Crippen LogP contribution in [0, 0.1) is 5.82 Å². The van der Waals surface area contributed by atoms with Crippen molar-refractivity contribution in [3.8, 4) is 10.6 Å². The predicted octanol–water partition coefficient (Wildman–Crippen LogP) is 1.24. The molecule has 16 heavy (non-hydrogen) atoms. The summed E-state index contributed by atoms with van der Waals surface area (Å²) in [6.07, 6.45) is -0.197. The highest BCUT2D eigenvalue weighted by Crippen LogP contribution is 2.23. The van der Waals surface area contributed by atoms with Crippen LogP contribution in [0.5, 0.6) is 0 Å². The number of carboxylic acid groups (broad SMARTS) is 1. The van der Waals surface area contributed by atoms with E-state index < -0.39 is 5.97 Å². The van der Waals surface area contributed by atoms with Gasteiger partial charge in [0.05, 0.1) is 5.69 Å². The number of aliphatic carboxylic acids is 1. The van der Waals surface area contributed by atoms with Crippen molar-refractivity contribution in [2.45, 2.75) is 6.42 Å². The summed E-state index contributed by atoms with van der Waals surface area (Å²) in [7, 11) is 0. The summed E-state index contributed by atoms with van der Waals surface area (Å²) in [6.45, 7) is 0. The van der Waals surface area contributed by atoms with Gasteiger partial charge in [0.2, 0.25) is 0 Å². The molecular formula is C11H7FNO2S-. The lowest BCUT2D eigenvalue weighted by Crippen LogP contribution is -2.24. The number of halogens is 1. The minimum absolute atomic E-state index is 0.197. The molecule has 0 fully saturated rings. The Morgan fingerprint density at radius 3 is 2.69 bits per heavy atom. The topological polar surface area (TPSA) is 53.0 Å². The molecule has 0 atom stereocenters. The van der Waals surface area contributed by atoms with Crippen LogP contribution in [0.15, 0.2) is 29.6 Å². The van der Waals surface area contributed by atoms with Crippen molar-refractivity contribution in [1.82, 2.24) is 4.98 Å². The Bertz CT molecular complexity index is 507. The number of carbonyl (C=O) groups is 1. The number of rotatable bonds is 3. The highest BCUT2D eigenvalue weighted by atomic mass is 32.1. The van der Waals surface area contributed by atoms with Crippen LogP contribution in [0.2, 0.25) is 0 Å². The quantitative estimate of drug-likeness (QED) is 0.805. The number of hydrogen-bond donors (Lipinski definition) is 0. The fourth-order valence-corrected chi connectivity index (χ4v) is 2.09. The molecule has 0 amide bonds. The second-order valence-corrected chi connectivity index (χ2v) is 4.06. The van der Waals surface area contributed by atoms with Crippen molar-refractivity contribution in [3.05, 3.63) is 41.2 Å². The van der Waals surface area contributed by atoms with Crippen LogP contribution in [-0.2, 0) is 11.2 Å². The first kappa shape index (κ1) is 10.8. The monoisotopic (exact) mass is 236 g/mol. The normalized spacial score (nSPS) is 10.3. The zero-order valence-electron chi connectivity index (χ0n) is 8.14. The van der Waals surface area contributed by atoms with Crippen LogP contribution in [-0.4, -0.2) is 11.0 Å². The second kappa shape index (κ2) is 4.40. The smallest absolute Gasteiger partial charge is 0.123 e. The Labute approximate surface area is 95.2 Å². The lowest BCUT2D eigenvalue weighted by molar-refractivity contribution is -0.304. The van der Waals surface area contributed by atoms with E-state index in [-0.39, 0.29) is 12.2 Å². The molecule has 5 heteroatoms. The van der Waals surface area contributed by atoms with Crippen molar-refractivity contribution in [1.29, 1.82) is 0 Å². The zero-order chi connectivity index (χ0) is 11.5. The summed E-state index contributed by atoms with van der Waals surface area (Å²) in [5.74, 6) is -1.47. The SMILES string of the molecule is O=C([O-])Cc1csc(-c2ccc(F)cc2)n1. The van der Waals surface area contributed by atoms with Crippen LogP contribution in [0.1, 0.15) is 5.69 Å². The third-order valence-corrected chi connectivity index (χ3v) is 2.91. The van der Waals surface area contributed by atoms with Gasteiger partial charge in [-0.25, -0.2) is 9.37 Å². The Balaban J connectivity index is 2.24. The van der Waals surface area contributed by atoms with Crippen LogP contribution < -0.4 is 5.11 Å². The highest BCUT2D eigenvalue weighted by molar-refractivity contribution is 7.13. The van der Waals surface area contributed by atoms with Gasteiger partial charge in [-0.1, -0.05) is 0 Å². The number of nitrogens with zero attached hydrogens (tertiary/aromatic N) is 1. The molecule has 1 aromatic heterocycles. The van der Waals surface area contributed by atoms with Crippen LogP contribution in [0.25, 0.3) is 10.6 Å². The molecule has 0 aliphatic rings. The van der Waals surface area contributed by atoms with E-state index in [1.54, 1.807) is 17.5 Å². The molecule has 0 aliphatic carbocycles. The van der Waals surface area contributed by atoms with E-state index >= 15 is 0 Å². The minimum Gasteiger partial charge on any atom is -0.550 e. The largest absolute Gasteiger partial charge is 0.550 e. The van der Waals surface area contributed by atoms with Gasteiger partial charge in [0.25, 0.3) is 0 Å². The number of carbonyl (C=O) groups excluding carboxylic acids is 1. The van der Waals surface area contributed by atoms with Crippen LogP contribution in [0.4, 0.5) is 4.39 Å². The molecule has 2 rings (SSSR count). The van der Waals surface area contributed by atoms with Crippen molar-refractivity contribution in [2.75, 3.05) is 0 Å². The Morgan fingerprint density at radius 1 is 1.38 bits per heavy atom. The maximum atomic E-state index is 12.7. The van der Waals surface area contributed by atoms with Gasteiger partial charge >= 0.3 is 0 Å². The van der Waals surface area contributed by atoms with E-state index in [2.05, 4.69) is 4.98 Å². The summed E-state index contributed by atoms with van der Waals surface area (Å²) < 4.78 is 12.7. The molecular weight excluding hydrogens is 229 g/mol. The number of aromatic nitrogens is 1. The molecule has 0 unspecified atom stereocenters. The maximum absolute atomic E-state index is 12.7. The number of thiazole rings is 1. The molecule has 0 saturated heterocycles. The van der Waals surface area contributed by atoms with Gasteiger partial charge in [-0.3, -0.25) is 0 Å². The maximum Gasteiger partial charge on any atom is 0.123 e. The number of benzene rings is 1. The van der Waals surface area contributed by atoms with Gasteiger partial charge in [0.15, 0.2) is 0 Å². The lowest BCUT2D eigenvalue weighted by atomic mass is 10.2. The Kier molecular flexibility index (Phi) is 2.96. The number of hydrogen-bond acceptors (Lipinski definition) is 4. The molecule has 2 aromatic rings. The van der Waals surface area contributed by atoms with Gasteiger partial charge in [0, 0.05) is 23.3 Å². The van der Waals surface area contributed by atoms with E-state index in [9.17, 15) is 14.3 Å². The third kappa shape index (κ3) is 2.43. The van der Waals surface area contributed by atoms with Crippen molar-refractivity contribution < 1.29 is 14.3 Å². The molecule has 3 nitrogen and oxygen atoms in total. The van der Waals surface area contributed by atoms with Gasteiger partial charge in [-0.05, 0) is 24.3 Å². The van der Waals surface area contributed by atoms with Crippen molar-refractivity contribution in [3.63, 3.8) is 0 Å². The molecule has 0 bridgehead atoms. The van der Waals surface area contributed by atoms with E-state index in [4.69, 9.17) is 0 Å². The number of carboxylic acids is 1. The highest BCUT2D eigenvalue weighted by Gasteiger charge is 2.04. The van der Waals surface area contributed by atoms with Crippen LogP contribution in [0.3, 0.4) is 0 Å². The van der Waals surface area contributed by atoms with Gasteiger partial charge in [-0.2, -0.15) is 0 Å². The van der Waals surface area contributed by atoms with Gasteiger partial charge in [-0.15, -0.1) is 11.3 Å². The fourth-order valence-electron chi connectivity index (χ4n) is 1.26. The molecule has 0 N–H and O–H groups in total. The molecule has 0 aliphatic heterocycles. The molecule has 0 saturated carbocycles. The first-order valence-electron chi connectivity index (χ1n) is 4.55. The standard InChI is InChI=1S/C11H8FNO2S/c12-8-3-1-7(2-4-8)11-13-9(6-16-11)5-10(14)15/h1-4,6H,5H2,(H,14,15)/p-1. The average molecular weight is 236 g/mol. The van der Waals surface area contributed by atoms with Gasteiger partial charge < -0.3 is 9.90 Å². The molecule has 0 radical (unpaired) electrons. The minimum atomic E-state index is -1.16. The summed E-state index contributed by atoms with van der Waals surface area (Å²) in [6, 6.07) is 5.90. The average Bonchev–Trinajstić information content (AvgIpc) is 2.66. The van der Waals surface area contributed by atoms with Crippen LogP contribution >= 0.6 is 11.3 Å². The summed E-state index contributed by atoms with van der Waals surface area (Å²) in [4.78, 5) is 14.5. The second-order valence-electron chi connectivity index (χ2n) is 3.20. The fraction of sp³-hybridized carbons (Fsp3) is 0.0909. The lowest BCUT2D eigenvalue weighted by Gasteiger charge is -1.97. The first-order chi connectivity index (χ1) is 7.65. The molecule has 1 heterocycles. The summed E-state index contributed by atoms with van der Waals surface area (Å²) >= 11 is 1.33. The van der Waals surface area contributed by atoms with Gasteiger partial charge in [0.1, 0.15) is 10.8 Å². The van der Waals surface area contributed by atoms with E-state index in [1.807, 2.05) is 0 Å². The molecule has 1 aromatic carbocycles. The molecule has 82 valence electrons. The third-order valence-electron chi connectivity index (χ3n) is 1.97. The van der Waals surface area contributed by atoms with E-state index in [0.717, 1.165) is 5.56 Å². The summed E-state index contributed by atoms with van der Waals surface area (Å²) in [5, 5.41) is 12.7. The zero-order valence-corrected chi connectivity index (χ0v) is 8.96. The predicted molar refractivity (Wildman–Crippen MR) is 56.2 cm³/mol. The van der Waals surface area contributed by atoms with Crippen molar-refractivity contribution >= 4 is 17.3 Å². The Hall–Kier alpha value is -1.75. The Morgan fingerprint density at radius 2 is 2.06 bits per heavy atom. The summed E-state index contributed by atoms with van der Waals surface area (Å²) in [5.41, 5.74) is 1.24. The first-order valence-corrected chi connectivity index (χ1v) is 5.43. The molecule has 0 spiro atoms. The van der Waals surface area contributed by atoms with E-state index in [1.165, 1.54) is 23.5 Å². The van der Waals surface area contributed by atoms with Crippen molar-refractivity contribution in [2.24, 2.45) is 0 Å².